The van der Waals surface area contributed by atoms with Gasteiger partial charge in [-0.3, -0.25) is 9.59 Å². The molecule has 6 heteroatoms. The van der Waals surface area contributed by atoms with E-state index in [4.69, 9.17) is 12.2 Å². The van der Waals surface area contributed by atoms with Gasteiger partial charge in [0.2, 0.25) is 0 Å². The minimum absolute atomic E-state index is 0.0276. The summed E-state index contributed by atoms with van der Waals surface area (Å²) in [5.41, 5.74) is 9.90. The summed E-state index contributed by atoms with van der Waals surface area (Å²) in [7, 11) is 0. The smallest absolute Gasteiger partial charge is 0.295 e. The molecule has 0 bridgehead atoms. The van der Waals surface area contributed by atoms with Crippen molar-refractivity contribution in [2.75, 3.05) is 18.0 Å². The van der Waals surface area contributed by atoms with E-state index in [1.54, 1.807) is 6.07 Å². The minimum Gasteiger partial charge on any atom is -0.369 e. The predicted molar refractivity (Wildman–Crippen MR) is 93.9 cm³/mol. The van der Waals surface area contributed by atoms with Crippen LogP contribution in [0.15, 0.2) is 12.1 Å². The van der Waals surface area contributed by atoms with Gasteiger partial charge in [-0.05, 0) is 43.9 Å². The third-order valence-corrected chi connectivity index (χ3v) is 4.69. The number of H-pyrrole nitrogens is 1. The predicted octanol–water partition coefficient (Wildman–Crippen LogP) is 1.21. The van der Waals surface area contributed by atoms with Gasteiger partial charge in [0.05, 0.1) is 11.1 Å². The molecule has 4 N–H and O–H groups in total. The monoisotopic (exact) mass is 324 g/mol. The molecule has 2 aromatic rings. The van der Waals surface area contributed by atoms with Crippen LogP contribution in [0.1, 0.15) is 28.0 Å². The van der Waals surface area contributed by atoms with Crippen molar-refractivity contribution < 1.29 is 9.59 Å². The lowest BCUT2D eigenvalue weighted by Gasteiger charge is -2.21. The van der Waals surface area contributed by atoms with Crippen LogP contribution in [0.2, 0.25) is 0 Å². The van der Waals surface area contributed by atoms with Crippen LogP contribution in [0, 0.1) is 26.2 Å². The lowest BCUT2D eigenvalue weighted by Crippen LogP contribution is -2.36. The Hall–Kier alpha value is -2.94. The van der Waals surface area contributed by atoms with Crippen LogP contribution < -0.4 is 16.0 Å². The molecule has 0 spiro atoms. The topological polar surface area (TPSA) is 91.2 Å². The third kappa shape index (κ3) is 2.58. The van der Waals surface area contributed by atoms with E-state index < -0.39 is 5.91 Å². The van der Waals surface area contributed by atoms with Crippen LogP contribution in [-0.4, -0.2) is 35.9 Å². The SMILES string of the molecule is C#CC(=O)NC1CCN(c2ccc(C(N)=O)c3[nH]c(C)c(C)c23)C1. The van der Waals surface area contributed by atoms with Gasteiger partial charge in [-0.15, -0.1) is 6.42 Å². The number of primary amides is 1. The van der Waals surface area contributed by atoms with Crippen molar-refractivity contribution >= 4 is 28.4 Å². The summed E-state index contributed by atoms with van der Waals surface area (Å²) in [6.07, 6.45) is 5.94. The third-order valence-electron chi connectivity index (χ3n) is 4.69. The summed E-state index contributed by atoms with van der Waals surface area (Å²) in [4.78, 5) is 28.5. The largest absolute Gasteiger partial charge is 0.369 e. The second kappa shape index (κ2) is 5.93. The molecule has 1 aliphatic heterocycles. The number of terminal acetylenes is 1. The van der Waals surface area contributed by atoms with Crippen molar-refractivity contribution in [3.8, 4) is 12.3 Å². The average molecular weight is 324 g/mol. The van der Waals surface area contributed by atoms with Gasteiger partial charge in [-0.1, -0.05) is 0 Å². The van der Waals surface area contributed by atoms with Crippen molar-refractivity contribution in [1.82, 2.24) is 10.3 Å². The van der Waals surface area contributed by atoms with E-state index in [1.807, 2.05) is 19.9 Å². The molecule has 1 unspecified atom stereocenters. The van der Waals surface area contributed by atoms with E-state index in [1.165, 1.54) is 0 Å². The number of aromatic amines is 1. The first-order chi connectivity index (χ1) is 11.4. The van der Waals surface area contributed by atoms with Crippen molar-refractivity contribution in [3.63, 3.8) is 0 Å². The maximum Gasteiger partial charge on any atom is 0.295 e. The normalized spacial score (nSPS) is 17.0. The Morgan fingerprint density at radius 2 is 2.17 bits per heavy atom. The molecule has 2 heterocycles. The van der Waals surface area contributed by atoms with Gasteiger partial charge < -0.3 is 20.9 Å². The van der Waals surface area contributed by atoms with E-state index in [9.17, 15) is 9.59 Å². The summed E-state index contributed by atoms with van der Waals surface area (Å²) >= 11 is 0. The highest BCUT2D eigenvalue weighted by molar-refractivity contribution is 6.10. The maximum absolute atomic E-state index is 11.7. The fraction of sp³-hybridized carbons (Fsp3) is 0.333. The number of carbonyl (C=O) groups excluding carboxylic acids is 2. The molecule has 0 saturated carbocycles. The Balaban J connectivity index is 1.99. The summed E-state index contributed by atoms with van der Waals surface area (Å²) in [6, 6.07) is 3.70. The van der Waals surface area contributed by atoms with Crippen LogP contribution in [0.3, 0.4) is 0 Å². The number of hydrogen-bond donors (Lipinski definition) is 3. The zero-order chi connectivity index (χ0) is 17.4. The van der Waals surface area contributed by atoms with E-state index in [0.717, 1.165) is 40.8 Å². The molecule has 1 aromatic carbocycles. The number of carbonyl (C=O) groups is 2. The van der Waals surface area contributed by atoms with Crippen LogP contribution in [0.25, 0.3) is 10.9 Å². The zero-order valence-corrected chi connectivity index (χ0v) is 13.8. The molecule has 0 aliphatic carbocycles. The van der Waals surface area contributed by atoms with Gasteiger partial charge >= 0.3 is 0 Å². The first kappa shape index (κ1) is 15.9. The molecule has 1 atom stereocenters. The number of amides is 2. The number of nitrogens with zero attached hydrogens (tertiary/aromatic N) is 1. The lowest BCUT2D eigenvalue weighted by molar-refractivity contribution is -0.116. The van der Waals surface area contributed by atoms with E-state index >= 15 is 0 Å². The van der Waals surface area contributed by atoms with Crippen molar-refractivity contribution in [1.29, 1.82) is 0 Å². The molecule has 24 heavy (non-hydrogen) atoms. The van der Waals surface area contributed by atoms with E-state index in [2.05, 4.69) is 21.1 Å². The number of aryl methyl sites for hydroxylation is 2. The Morgan fingerprint density at radius 1 is 1.42 bits per heavy atom. The quantitative estimate of drug-likeness (QED) is 0.741. The van der Waals surface area contributed by atoms with Crippen molar-refractivity contribution in [2.24, 2.45) is 5.73 Å². The first-order valence-electron chi connectivity index (χ1n) is 7.86. The number of anilines is 1. The summed E-state index contributed by atoms with van der Waals surface area (Å²) in [5, 5.41) is 3.83. The van der Waals surface area contributed by atoms with Crippen LogP contribution >= 0.6 is 0 Å². The molecule has 0 radical (unpaired) electrons. The van der Waals surface area contributed by atoms with E-state index in [0.29, 0.717) is 12.1 Å². The fourth-order valence-electron chi connectivity index (χ4n) is 3.36. The van der Waals surface area contributed by atoms with Gasteiger partial charge in [0.1, 0.15) is 0 Å². The molecular weight excluding hydrogens is 304 g/mol. The Morgan fingerprint density at radius 3 is 2.83 bits per heavy atom. The molecule has 2 amide bonds. The second-order valence-electron chi connectivity index (χ2n) is 6.17. The van der Waals surface area contributed by atoms with Gasteiger partial charge in [0.15, 0.2) is 0 Å². The summed E-state index contributed by atoms with van der Waals surface area (Å²) in [5.74, 6) is 1.25. The lowest BCUT2D eigenvalue weighted by atomic mass is 10.1. The highest BCUT2D eigenvalue weighted by atomic mass is 16.1. The number of benzene rings is 1. The highest BCUT2D eigenvalue weighted by Crippen LogP contribution is 2.35. The van der Waals surface area contributed by atoms with Crippen LogP contribution in [-0.2, 0) is 4.79 Å². The maximum atomic E-state index is 11.7. The molecule has 1 aromatic heterocycles. The first-order valence-corrected chi connectivity index (χ1v) is 7.86. The van der Waals surface area contributed by atoms with Crippen molar-refractivity contribution in [2.45, 2.75) is 26.3 Å². The molecule has 6 nitrogen and oxygen atoms in total. The number of fused-ring (bicyclic) bond motifs is 1. The fourth-order valence-corrected chi connectivity index (χ4v) is 3.36. The van der Waals surface area contributed by atoms with Gasteiger partial charge in [0.25, 0.3) is 11.8 Å². The van der Waals surface area contributed by atoms with Gasteiger partial charge in [0, 0.05) is 35.9 Å². The zero-order valence-electron chi connectivity index (χ0n) is 13.8. The summed E-state index contributed by atoms with van der Waals surface area (Å²) in [6.45, 7) is 5.49. The Bertz CT molecular complexity index is 875. The standard InChI is InChI=1S/C18H20N4O2/c1-4-15(23)21-12-7-8-22(9-12)14-6-5-13(18(19)24)17-16(14)10(2)11(3)20-17/h1,5-6,12,20H,7-9H2,2-3H3,(H2,19,24)(H,21,23). The number of hydrogen-bond acceptors (Lipinski definition) is 3. The molecular formula is C18H20N4O2. The number of nitrogens with two attached hydrogens (primary N) is 1. The Labute approximate surface area is 140 Å². The van der Waals surface area contributed by atoms with Gasteiger partial charge in [-0.25, -0.2) is 0 Å². The molecule has 1 fully saturated rings. The van der Waals surface area contributed by atoms with Gasteiger partial charge in [-0.2, -0.15) is 0 Å². The number of aromatic nitrogens is 1. The molecule has 3 rings (SSSR count). The Kier molecular flexibility index (Phi) is 3.94. The molecule has 1 saturated heterocycles. The molecule has 1 aliphatic rings. The average Bonchev–Trinajstić information content (AvgIpc) is 3.12. The van der Waals surface area contributed by atoms with Crippen LogP contribution in [0.5, 0.6) is 0 Å². The summed E-state index contributed by atoms with van der Waals surface area (Å²) < 4.78 is 0. The highest BCUT2D eigenvalue weighted by Gasteiger charge is 2.26. The van der Waals surface area contributed by atoms with Crippen LogP contribution in [0.4, 0.5) is 5.69 Å². The second-order valence-corrected chi connectivity index (χ2v) is 6.17. The van der Waals surface area contributed by atoms with E-state index in [-0.39, 0.29) is 11.9 Å². The number of rotatable bonds is 3. The minimum atomic E-state index is -0.451. The van der Waals surface area contributed by atoms with Crippen molar-refractivity contribution in [3.05, 3.63) is 29.0 Å². The number of nitrogens with one attached hydrogen (secondary N) is 2. The molecule has 124 valence electrons.